The molecular weight excluding hydrogens is 372 g/mol. The SMILES string of the molecule is CN(C)C(=O)CNC(=O)COc1ccc(-c2ccc(Br)cc2)cc1. The minimum atomic E-state index is -0.331. The zero-order valence-electron chi connectivity index (χ0n) is 13.6. The average Bonchev–Trinajstić information content (AvgIpc) is 2.59. The van der Waals surface area contributed by atoms with E-state index in [1.54, 1.807) is 14.1 Å². The first-order valence-electron chi connectivity index (χ1n) is 7.41. The van der Waals surface area contributed by atoms with E-state index in [0.29, 0.717) is 5.75 Å². The molecule has 0 spiro atoms. The quantitative estimate of drug-likeness (QED) is 0.824. The van der Waals surface area contributed by atoms with Crippen LogP contribution in [-0.4, -0.2) is 44.0 Å². The molecule has 0 radical (unpaired) electrons. The second-order valence-corrected chi connectivity index (χ2v) is 6.30. The van der Waals surface area contributed by atoms with Crippen molar-refractivity contribution in [1.29, 1.82) is 0 Å². The maximum absolute atomic E-state index is 11.7. The Morgan fingerprint density at radius 2 is 1.54 bits per heavy atom. The van der Waals surface area contributed by atoms with Crippen LogP contribution in [0.15, 0.2) is 53.0 Å². The second kappa shape index (κ2) is 8.49. The summed E-state index contributed by atoms with van der Waals surface area (Å²) < 4.78 is 6.46. The van der Waals surface area contributed by atoms with Crippen LogP contribution in [0.1, 0.15) is 0 Å². The maximum Gasteiger partial charge on any atom is 0.258 e. The van der Waals surface area contributed by atoms with E-state index in [0.717, 1.165) is 15.6 Å². The zero-order chi connectivity index (χ0) is 17.5. The molecule has 5 nitrogen and oxygen atoms in total. The predicted molar refractivity (Wildman–Crippen MR) is 96.8 cm³/mol. The van der Waals surface area contributed by atoms with Crippen molar-refractivity contribution in [2.45, 2.75) is 0 Å². The van der Waals surface area contributed by atoms with Gasteiger partial charge in [0, 0.05) is 18.6 Å². The zero-order valence-corrected chi connectivity index (χ0v) is 15.2. The highest BCUT2D eigenvalue weighted by atomic mass is 79.9. The maximum atomic E-state index is 11.7. The van der Waals surface area contributed by atoms with Crippen LogP contribution in [0.25, 0.3) is 11.1 Å². The number of halogens is 1. The molecule has 0 unspecified atom stereocenters. The molecule has 0 aliphatic heterocycles. The lowest BCUT2D eigenvalue weighted by Crippen LogP contribution is -2.38. The van der Waals surface area contributed by atoms with Crippen LogP contribution in [0.4, 0.5) is 0 Å². The molecule has 0 aliphatic carbocycles. The summed E-state index contributed by atoms with van der Waals surface area (Å²) in [5.41, 5.74) is 2.17. The summed E-state index contributed by atoms with van der Waals surface area (Å²) in [5, 5.41) is 2.52. The minimum absolute atomic E-state index is 0.0301. The van der Waals surface area contributed by atoms with Crippen molar-refractivity contribution in [1.82, 2.24) is 10.2 Å². The minimum Gasteiger partial charge on any atom is -0.484 e. The molecule has 0 heterocycles. The van der Waals surface area contributed by atoms with E-state index in [-0.39, 0.29) is 25.0 Å². The van der Waals surface area contributed by atoms with Gasteiger partial charge in [0.1, 0.15) is 5.75 Å². The summed E-state index contributed by atoms with van der Waals surface area (Å²) in [7, 11) is 3.27. The van der Waals surface area contributed by atoms with E-state index < -0.39 is 0 Å². The molecule has 0 atom stereocenters. The average molecular weight is 391 g/mol. The predicted octanol–water partition coefficient (Wildman–Crippen LogP) is 2.70. The largest absolute Gasteiger partial charge is 0.484 e. The number of nitrogens with one attached hydrogen (secondary N) is 1. The Balaban J connectivity index is 1.84. The van der Waals surface area contributed by atoms with Gasteiger partial charge in [-0.1, -0.05) is 40.2 Å². The van der Waals surface area contributed by atoms with E-state index in [4.69, 9.17) is 4.74 Å². The standard InChI is InChI=1S/C18H19BrN2O3/c1-21(2)18(23)11-20-17(22)12-24-16-9-5-14(6-10-16)13-3-7-15(19)8-4-13/h3-10H,11-12H2,1-2H3,(H,20,22). The van der Waals surface area contributed by atoms with Gasteiger partial charge in [0.15, 0.2) is 6.61 Å². The topological polar surface area (TPSA) is 58.6 Å². The molecule has 2 aromatic carbocycles. The van der Waals surface area contributed by atoms with Gasteiger partial charge < -0.3 is 15.0 Å². The molecule has 0 aromatic heterocycles. The van der Waals surface area contributed by atoms with Gasteiger partial charge in [-0.2, -0.15) is 0 Å². The highest BCUT2D eigenvalue weighted by Crippen LogP contribution is 2.24. The van der Waals surface area contributed by atoms with Crippen LogP contribution in [0.2, 0.25) is 0 Å². The second-order valence-electron chi connectivity index (χ2n) is 5.38. The van der Waals surface area contributed by atoms with E-state index in [2.05, 4.69) is 21.2 Å². The molecule has 24 heavy (non-hydrogen) atoms. The van der Waals surface area contributed by atoms with Crippen molar-refractivity contribution in [2.75, 3.05) is 27.2 Å². The number of rotatable bonds is 6. The van der Waals surface area contributed by atoms with Gasteiger partial charge in [-0.25, -0.2) is 0 Å². The summed E-state index contributed by atoms with van der Waals surface area (Å²) in [6.45, 7) is -0.157. The first kappa shape index (κ1) is 18.0. The first-order valence-corrected chi connectivity index (χ1v) is 8.20. The van der Waals surface area contributed by atoms with Crippen LogP contribution in [-0.2, 0) is 9.59 Å². The third-order valence-corrected chi connectivity index (χ3v) is 3.87. The van der Waals surface area contributed by atoms with E-state index in [1.807, 2.05) is 48.5 Å². The Hall–Kier alpha value is -2.34. The van der Waals surface area contributed by atoms with Crippen molar-refractivity contribution in [3.63, 3.8) is 0 Å². The van der Waals surface area contributed by atoms with Crippen molar-refractivity contribution in [3.8, 4) is 16.9 Å². The number of hydrogen-bond donors (Lipinski definition) is 1. The normalized spacial score (nSPS) is 10.1. The van der Waals surface area contributed by atoms with Crippen molar-refractivity contribution >= 4 is 27.7 Å². The molecule has 126 valence electrons. The molecule has 2 aromatic rings. The van der Waals surface area contributed by atoms with Gasteiger partial charge in [0.25, 0.3) is 5.91 Å². The number of benzene rings is 2. The van der Waals surface area contributed by atoms with Gasteiger partial charge in [-0.3, -0.25) is 9.59 Å². The summed E-state index contributed by atoms with van der Waals surface area (Å²) in [6.07, 6.45) is 0. The van der Waals surface area contributed by atoms with Gasteiger partial charge in [-0.05, 0) is 35.4 Å². The molecule has 0 fully saturated rings. The van der Waals surface area contributed by atoms with Crippen molar-refractivity contribution in [3.05, 3.63) is 53.0 Å². The molecule has 6 heteroatoms. The molecule has 1 N–H and O–H groups in total. The summed E-state index contributed by atoms with van der Waals surface area (Å²) >= 11 is 3.41. The van der Waals surface area contributed by atoms with Crippen LogP contribution in [0, 0.1) is 0 Å². The Morgan fingerprint density at radius 1 is 1.00 bits per heavy atom. The molecule has 0 saturated carbocycles. The van der Waals surface area contributed by atoms with Gasteiger partial charge >= 0.3 is 0 Å². The number of carbonyl (C=O) groups excluding carboxylic acids is 2. The third-order valence-electron chi connectivity index (χ3n) is 3.34. The highest BCUT2D eigenvalue weighted by molar-refractivity contribution is 9.10. The number of carbonyl (C=O) groups is 2. The van der Waals surface area contributed by atoms with E-state index >= 15 is 0 Å². The number of hydrogen-bond acceptors (Lipinski definition) is 3. The molecule has 0 bridgehead atoms. The Morgan fingerprint density at radius 3 is 2.08 bits per heavy atom. The van der Waals surface area contributed by atoms with Crippen LogP contribution >= 0.6 is 15.9 Å². The molecule has 2 rings (SSSR count). The molecule has 0 saturated heterocycles. The van der Waals surface area contributed by atoms with Crippen LogP contribution in [0.3, 0.4) is 0 Å². The summed E-state index contributed by atoms with van der Waals surface area (Å²) in [6, 6.07) is 15.5. The van der Waals surface area contributed by atoms with E-state index in [9.17, 15) is 9.59 Å². The first-order chi connectivity index (χ1) is 11.5. The number of likely N-dealkylation sites (N-methyl/N-ethyl adjacent to an activating group) is 1. The lowest BCUT2D eigenvalue weighted by molar-refractivity contribution is -0.131. The molecule has 2 amide bonds. The Labute approximate surface area is 149 Å². The van der Waals surface area contributed by atoms with Gasteiger partial charge in [0.05, 0.1) is 6.54 Å². The molecule has 0 aliphatic rings. The lowest BCUT2D eigenvalue weighted by atomic mass is 10.1. The number of nitrogens with zero attached hydrogens (tertiary/aromatic N) is 1. The van der Waals surface area contributed by atoms with E-state index in [1.165, 1.54) is 4.90 Å². The molecular formula is C18H19BrN2O3. The third kappa shape index (κ3) is 5.38. The highest BCUT2D eigenvalue weighted by Gasteiger charge is 2.08. The summed E-state index contributed by atoms with van der Waals surface area (Å²) in [4.78, 5) is 24.5. The lowest BCUT2D eigenvalue weighted by Gasteiger charge is -2.11. The fourth-order valence-electron chi connectivity index (χ4n) is 1.92. The van der Waals surface area contributed by atoms with Crippen molar-refractivity contribution in [2.24, 2.45) is 0 Å². The number of amides is 2. The van der Waals surface area contributed by atoms with Crippen LogP contribution < -0.4 is 10.1 Å². The van der Waals surface area contributed by atoms with Crippen molar-refractivity contribution < 1.29 is 14.3 Å². The van der Waals surface area contributed by atoms with Gasteiger partial charge in [-0.15, -0.1) is 0 Å². The fourth-order valence-corrected chi connectivity index (χ4v) is 2.18. The smallest absolute Gasteiger partial charge is 0.258 e. The van der Waals surface area contributed by atoms with Gasteiger partial charge in [0.2, 0.25) is 5.91 Å². The summed E-state index contributed by atoms with van der Waals surface area (Å²) in [5.74, 6) is 0.106. The Kier molecular flexibility index (Phi) is 6.37. The van der Waals surface area contributed by atoms with Crippen LogP contribution in [0.5, 0.6) is 5.75 Å². The Bertz CT molecular complexity index is 697. The number of ether oxygens (including phenoxy) is 1. The fraction of sp³-hybridized carbons (Fsp3) is 0.222. The monoisotopic (exact) mass is 390 g/mol.